The first-order valence-corrected chi connectivity index (χ1v) is 14.7. The highest BCUT2D eigenvalue weighted by Gasteiger charge is 2.57. The van der Waals surface area contributed by atoms with Crippen molar-refractivity contribution in [2.45, 2.75) is 31.0 Å². The number of aliphatic hydroxyl groups is 1. The molecule has 1 aliphatic rings. The number of aromatic nitrogens is 2. The van der Waals surface area contributed by atoms with Gasteiger partial charge in [-0.05, 0) is 49.7 Å². The number of carbonyl (C=O) groups is 2. The van der Waals surface area contributed by atoms with Gasteiger partial charge in [-0.1, -0.05) is 23.7 Å². The zero-order valence-electron chi connectivity index (χ0n) is 23.6. The summed E-state index contributed by atoms with van der Waals surface area (Å²) in [5.74, 6) is -2.40. The predicted octanol–water partition coefficient (Wildman–Crippen LogP) is 5.93. The SMILES string of the molecule is Cc1cnc2c(Cl)cc(C(=O)NCC(O)(c3cc4c(c(-c5csc6c(F)cccc56)n3)OC[C@]4(C)C(N)=O)C(F)(F)F)cc2c1. The van der Waals surface area contributed by atoms with E-state index in [-0.39, 0.29) is 44.5 Å². The van der Waals surface area contributed by atoms with Crippen molar-refractivity contribution in [1.82, 2.24) is 15.3 Å². The number of carbonyl (C=O) groups excluding carboxylic acids is 2. The largest absolute Gasteiger partial charge is 0.489 e. The normalized spacial score (nSPS) is 17.6. The molecule has 1 unspecified atom stereocenters. The molecule has 45 heavy (non-hydrogen) atoms. The minimum Gasteiger partial charge on any atom is -0.489 e. The van der Waals surface area contributed by atoms with E-state index in [1.807, 2.05) is 0 Å². The zero-order valence-corrected chi connectivity index (χ0v) is 25.1. The van der Waals surface area contributed by atoms with Gasteiger partial charge in [0.05, 0.1) is 27.5 Å². The van der Waals surface area contributed by atoms with Crippen molar-refractivity contribution in [1.29, 1.82) is 0 Å². The van der Waals surface area contributed by atoms with E-state index in [2.05, 4.69) is 15.3 Å². The van der Waals surface area contributed by atoms with Crippen LogP contribution in [0.2, 0.25) is 5.02 Å². The van der Waals surface area contributed by atoms with Crippen LogP contribution < -0.4 is 15.8 Å². The Morgan fingerprint density at radius 3 is 2.69 bits per heavy atom. The summed E-state index contributed by atoms with van der Waals surface area (Å²) in [4.78, 5) is 34.1. The fourth-order valence-electron chi connectivity index (χ4n) is 5.28. The Bertz CT molecular complexity index is 2050. The number of aryl methyl sites for hydroxylation is 1. The fourth-order valence-corrected chi connectivity index (χ4v) is 6.52. The molecule has 0 radical (unpaired) electrons. The summed E-state index contributed by atoms with van der Waals surface area (Å²) in [6, 6.07) is 9.54. The van der Waals surface area contributed by atoms with Crippen molar-refractivity contribution >= 4 is 55.7 Å². The summed E-state index contributed by atoms with van der Waals surface area (Å²) >= 11 is 7.29. The Morgan fingerprint density at radius 2 is 1.98 bits per heavy atom. The Labute approximate surface area is 261 Å². The molecule has 0 saturated heterocycles. The van der Waals surface area contributed by atoms with Crippen LogP contribution in [0.4, 0.5) is 17.6 Å². The van der Waals surface area contributed by atoms with Gasteiger partial charge in [0.15, 0.2) is 0 Å². The van der Waals surface area contributed by atoms with Gasteiger partial charge in [0.25, 0.3) is 5.91 Å². The minimum absolute atomic E-state index is 0.0210. The highest BCUT2D eigenvalue weighted by Crippen LogP contribution is 2.49. The molecular formula is C31H23ClF4N4O4S. The van der Waals surface area contributed by atoms with Crippen molar-refractivity contribution in [2.24, 2.45) is 5.73 Å². The minimum atomic E-state index is -5.37. The Morgan fingerprint density at radius 1 is 1.22 bits per heavy atom. The van der Waals surface area contributed by atoms with E-state index in [0.29, 0.717) is 16.3 Å². The molecule has 0 saturated carbocycles. The van der Waals surface area contributed by atoms with E-state index < -0.39 is 47.1 Å². The number of nitrogens with one attached hydrogen (secondary N) is 1. The third-order valence-electron chi connectivity index (χ3n) is 7.96. The van der Waals surface area contributed by atoms with Crippen LogP contribution in [-0.2, 0) is 15.8 Å². The fraction of sp³-hybridized carbons (Fsp3) is 0.226. The van der Waals surface area contributed by atoms with Crippen LogP contribution in [0.3, 0.4) is 0 Å². The first-order valence-electron chi connectivity index (χ1n) is 13.4. The molecule has 5 aromatic rings. The molecule has 14 heteroatoms. The van der Waals surface area contributed by atoms with E-state index in [0.717, 1.165) is 23.0 Å². The maximum atomic E-state index is 14.8. The number of alkyl halides is 3. The number of halogens is 5. The second-order valence-electron chi connectivity index (χ2n) is 11.1. The number of hydrogen-bond donors (Lipinski definition) is 3. The molecule has 1 aliphatic heterocycles. The van der Waals surface area contributed by atoms with Gasteiger partial charge in [-0.3, -0.25) is 14.6 Å². The lowest BCUT2D eigenvalue weighted by atomic mass is 9.81. The number of thiophene rings is 1. The van der Waals surface area contributed by atoms with Crippen molar-refractivity contribution in [3.05, 3.63) is 87.3 Å². The van der Waals surface area contributed by atoms with Crippen LogP contribution in [0.15, 0.2) is 54.0 Å². The van der Waals surface area contributed by atoms with Gasteiger partial charge < -0.3 is 20.9 Å². The molecule has 2 atom stereocenters. The highest BCUT2D eigenvalue weighted by molar-refractivity contribution is 7.17. The van der Waals surface area contributed by atoms with Crippen molar-refractivity contribution in [3.8, 4) is 17.0 Å². The molecule has 4 N–H and O–H groups in total. The number of primary amides is 1. The van der Waals surface area contributed by atoms with Gasteiger partial charge in [-0.2, -0.15) is 13.2 Å². The third-order valence-corrected chi connectivity index (χ3v) is 9.25. The summed E-state index contributed by atoms with van der Waals surface area (Å²) in [6.45, 7) is 1.52. The molecule has 0 aliphatic carbocycles. The lowest BCUT2D eigenvalue weighted by Gasteiger charge is -2.31. The van der Waals surface area contributed by atoms with Gasteiger partial charge in [-0.15, -0.1) is 11.3 Å². The summed E-state index contributed by atoms with van der Waals surface area (Å²) < 4.78 is 64.9. The van der Waals surface area contributed by atoms with Gasteiger partial charge in [0.2, 0.25) is 11.5 Å². The Hall–Kier alpha value is -4.33. The van der Waals surface area contributed by atoms with E-state index in [1.54, 1.807) is 25.3 Å². The smallest absolute Gasteiger partial charge is 0.424 e. The van der Waals surface area contributed by atoms with Crippen LogP contribution in [0.25, 0.3) is 32.2 Å². The number of hydrogen-bond acceptors (Lipinski definition) is 7. The van der Waals surface area contributed by atoms with Crippen LogP contribution in [0, 0.1) is 12.7 Å². The number of benzene rings is 2. The number of fused-ring (bicyclic) bond motifs is 3. The highest BCUT2D eigenvalue weighted by atomic mass is 35.5. The predicted molar refractivity (Wildman–Crippen MR) is 161 cm³/mol. The summed E-state index contributed by atoms with van der Waals surface area (Å²) in [5.41, 5.74) is 0.554. The molecule has 0 bridgehead atoms. The molecule has 0 fully saturated rings. The number of nitrogens with two attached hydrogens (primary N) is 1. The Balaban J connectivity index is 1.47. The van der Waals surface area contributed by atoms with Crippen LogP contribution in [0.5, 0.6) is 5.75 Å². The third kappa shape index (κ3) is 4.95. The van der Waals surface area contributed by atoms with E-state index in [4.69, 9.17) is 22.1 Å². The molecule has 232 valence electrons. The Kier molecular flexibility index (Phi) is 7.26. The van der Waals surface area contributed by atoms with Crippen LogP contribution in [-0.4, -0.2) is 46.2 Å². The second-order valence-corrected chi connectivity index (χ2v) is 12.4. The molecule has 8 nitrogen and oxygen atoms in total. The maximum absolute atomic E-state index is 14.8. The summed E-state index contributed by atoms with van der Waals surface area (Å²) in [5, 5.41) is 15.9. The first-order chi connectivity index (χ1) is 21.1. The first kappa shape index (κ1) is 30.7. The van der Waals surface area contributed by atoms with Crippen molar-refractivity contribution in [2.75, 3.05) is 13.2 Å². The number of nitrogens with zero attached hydrogens (tertiary/aromatic N) is 2. The van der Waals surface area contributed by atoms with Crippen LogP contribution >= 0.6 is 22.9 Å². The zero-order chi connectivity index (χ0) is 32.5. The van der Waals surface area contributed by atoms with Gasteiger partial charge >= 0.3 is 6.18 Å². The van der Waals surface area contributed by atoms with E-state index in [1.165, 1.54) is 36.6 Å². The average Bonchev–Trinajstić information content (AvgIpc) is 3.57. The molecule has 0 spiro atoms. The quantitative estimate of drug-likeness (QED) is 0.194. The second kappa shape index (κ2) is 10.6. The van der Waals surface area contributed by atoms with Gasteiger partial charge in [0.1, 0.15) is 29.3 Å². The topological polar surface area (TPSA) is 127 Å². The number of ether oxygens (including phenoxy) is 1. The van der Waals surface area contributed by atoms with Crippen molar-refractivity contribution in [3.63, 3.8) is 0 Å². The van der Waals surface area contributed by atoms with E-state index in [9.17, 15) is 32.3 Å². The molecule has 2 aromatic carbocycles. The van der Waals surface area contributed by atoms with Crippen LogP contribution in [0.1, 0.15) is 34.1 Å². The average molecular weight is 659 g/mol. The monoisotopic (exact) mass is 658 g/mol. The number of amides is 2. The lowest BCUT2D eigenvalue weighted by Crippen LogP contribution is -2.51. The molecule has 3 aromatic heterocycles. The lowest BCUT2D eigenvalue weighted by molar-refractivity contribution is -0.265. The standard InChI is InChI=1S/C31H23ClF4N4O4S/c1-14-6-15-7-16(8-20(32)23(15)38-10-14)27(41)39-12-30(43,31(34,35)36)22-9-19-25(44-13-29(19,2)28(37)42)24(40-22)18-11-45-26-17(18)4-3-5-21(26)33/h3-11,43H,12-13H2,1-2H3,(H2,37,42)(H,39,41)/t29-,30?/m0/s1. The van der Waals surface area contributed by atoms with Crippen molar-refractivity contribution < 1.29 is 37.0 Å². The number of pyridine rings is 2. The maximum Gasteiger partial charge on any atom is 0.424 e. The molecule has 6 rings (SSSR count). The number of rotatable bonds is 6. The summed E-state index contributed by atoms with van der Waals surface area (Å²) in [7, 11) is 0. The molecular weight excluding hydrogens is 636 g/mol. The van der Waals surface area contributed by atoms with Gasteiger partial charge in [-0.25, -0.2) is 9.37 Å². The van der Waals surface area contributed by atoms with Gasteiger partial charge in [0, 0.05) is 39.0 Å². The van der Waals surface area contributed by atoms with E-state index >= 15 is 0 Å². The molecule has 2 amide bonds. The molecule has 4 heterocycles. The summed E-state index contributed by atoms with van der Waals surface area (Å²) in [6.07, 6.45) is -3.79.